The lowest BCUT2D eigenvalue weighted by Crippen LogP contribution is -2.29. The van der Waals surface area contributed by atoms with Gasteiger partial charge in [-0.05, 0) is 25.7 Å². The molecule has 0 saturated carbocycles. The highest BCUT2D eigenvalue weighted by atomic mass is 16.5. The second-order valence-electron chi connectivity index (χ2n) is 11.0. The van der Waals surface area contributed by atoms with E-state index < -0.39 is 0 Å². The van der Waals surface area contributed by atoms with Gasteiger partial charge in [0, 0.05) is 13.0 Å². The number of ether oxygens (including phenoxy) is 2. The van der Waals surface area contributed by atoms with Crippen LogP contribution in [0.2, 0.25) is 0 Å². The molecule has 0 rings (SSSR count). The molecule has 0 saturated heterocycles. The fourth-order valence-electron chi connectivity index (χ4n) is 4.95. The van der Waals surface area contributed by atoms with E-state index in [-0.39, 0.29) is 18.2 Å². The van der Waals surface area contributed by atoms with Crippen LogP contribution in [0.3, 0.4) is 0 Å². The zero-order valence-corrected chi connectivity index (χ0v) is 24.7. The minimum atomic E-state index is -0.330. The molecule has 2 atom stereocenters. The molecule has 1 N–H and O–H groups in total. The topological polar surface area (TPSA) is 55.8 Å². The zero-order chi connectivity index (χ0) is 26.5. The van der Waals surface area contributed by atoms with Gasteiger partial charge in [-0.3, -0.25) is 4.79 Å². The van der Waals surface area contributed by atoms with Gasteiger partial charge in [0.1, 0.15) is 0 Å². The van der Waals surface area contributed by atoms with Crippen LogP contribution in [0.4, 0.5) is 0 Å². The molecule has 4 nitrogen and oxygen atoms in total. The number of rotatable bonds is 29. The molecule has 0 radical (unpaired) electrons. The van der Waals surface area contributed by atoms with Gasteiger partial charge in [0.25, 0.3) is 0 Å². The Morgan fingerprint density at radius 1 is 0.583 bits per heavy atom. The van der Waals surface area contributed by atoms with Gasteiger partial charge in [-0.15, -0.1) is 0 Å². The molecule has 4 heteroatoms. The Labute approximate surface area is 225 Å². The lowest BCUT2D eigenvalue weighted by atomic mass is 9.99. The van der Waals surface area contributed by atoms with Crippen molar-refractivity contribution in [3.63, 3.8) is 0 Å². The van der Waals surface area contributed by atoms with E-state index in [2.05, 4.69) is 13.8 Å². The standard InChI is InChI=1S/C32H64O4/c1-4-6-8-10-12-13-14-15-16-21-25-29-36-31(30(33)26-22-18-11-9-7-5-2)27-23-19-17-20-24-28-32(34)35-3/h30-31,33H,4-29H2,1-3H3. The fraction of sp³-hybridized carbons (Fsp3) is 0.969. The van der Waals surface area contributed by atoms with Crippen molar-refractivity contribution >= 4 is 5.97 Å². The monoisotopic (exact) mass is 512 g/mol. The second-order valence-corrected chi connectivity index (χ2v) is 11.0. The van der Waals surface area contributed by atoms with Crippen LogP contribution in [0.1, 0.15) is 174 Å². The van der Waals surface area contributed by atoms with Gasteiger partial charge < -0.3 is 14.6 Å². The van der Waals surface area contributed by atoms with E-state index in [4.69, 9.17) is 9.47 Å². The summed E-state index contributed by atoms with van der Waals surface area (Å²) in [7, 11) is 1.45. The Bertz CT molecular complexity index is 440. The number of hydrogen-bond acceptors (Lipinski definition) is 4. The molecule has 216 valence electrons. The Hall–Kier alpha value is -0.610. The van der Waals surface area contributed by atoms with Crippen molar-refractivity contribution in [2.75, 3.05) is 13.7 Å². The summed E-state index contributed by atoms with van der Waals surface area (Å²) in [4.78, 5) is 11.2. The van der Waals surface area contributed by atoms with Crippen molar-refractivity contribution in [1.82, 2.24) is 0 Å². The second kappa shape index (κ2) is 29.0. The summed E-state index contributed by atoms with van der Waals surface area (Å²) in [5.41, 5.74) is 0. The zero-order valence-electron chi connectivity index (χ0n) is 24.7. The highest BCUT2D eigenvalue weighted by Crippen LogP contribution is 2.19. The molecule has 0 aromatic rings. The summed E-state index contributed by atoms with van der Waals surface area (Å²) in [6.07, 6.45) is 29.7. The van der Waals surface area contributed by atoms with E-state index in [0.717, 1.165) is 64.4 Å². The molecular formula is C32H64O4. The largest absolute Gasteiger partial charge is 0.469 e. The summed E-state index contributed by atoms with van der Waals surface area (Å²) in [6.45, 7) is 5.31. The highest BCUT2D eigenvalue weighted by molar-refractivity contribution is 5.68. The van der Waals surface area contributed by atoms with E-state index in [1.54, 1.807) is 0 Å². The first-order valence-electron chi connectivity index (χ1n) is 16.0. The molecule has 0 aliphatic heterocycles. The van der Waals surface area contributed by atoms with Crippen LogP contribution in [-0.4, -0.2) is 37.0 Å². The van der Waals surface area contributed by atoms with E-state index in [9.17, 15) is 9.90 Å². The van der Waals surface area contributed by atoms with Crippen molar-refractivity contribution in [2.45, 2.75) is 187 Å². The molecule has 2 unspecified atom stereocenters. The lowest BCUT2D eigenvalue weighted by Gasteiger charge is -2.24. The molecule has 0 aromatic carbocycles. The first kappa shape index (κ1) is 35.4. The van der Waals surface area contributed by atoms with Crippen LogP contribution in [0.25, 0.3) is 0 Å². The first-order valence-corrected chi connectivity index (χ1v) is 16.0. The van der Waals surface area contributed by atoms with Crippen molar-refractivity contribution in [2.24, 2.45) is 0 Å². The van der Waals surface area contributed by atoms with E-state index in [0.29, 0.717) is 6.42 Å². The summed E-state index contributed by atoms with van der Waals surface area (Å²) < 4.78 is 11.0. The molecule has 0 aliphatic rings. The van der Waals surface area contributed by atoms with Crippen LogP contribution < -0.4 is 0 Å². The van der Waals surface area contributed by atoms with Crippen molar-refractivity contribution < 1.29 is 19.4 Å². The van der Waals surface area contributed by atoms with Gasteiger partial charge in [-0.2, -0.15) is 0 Å². The SMILES string of the molecule is CCCCCCCCCCCCCOC(CCCCCCCC(=O)OC)C(O)CCCCCCCC. The molecule has 0 heterocycles. The number of hydrogen-bond donors (Lipinski definition) is 1. The van der Waals surface area contributed by atoms with E-state index >= 15 is 0 Å². The molecule has 0 amide bonds. The number of aliphatic hydroxyl groups is 1. The van der Waals surface area contributed by atoms with E-state index in [1.807, 2.05) is 0 Å². The van der Waals surface area contributed by atoms with Gasteiger partial charge in [-0.25, -0.2) is 0 Å². The van der Waals surface area contributed by atoms with Crippen LogP contribution in [0.15, 0.2) is 0 Å². The third-order valence-electron chi connectivity index (χ3n) is 7.46. The number of unbranched alkanes of at least 4 members (excludes halogenated alkanes) is 19. The maximum Gasteiger partial charge on any atom is 0.305 e. The van der Waals surface area contributed by atoms with Crippen LogP contribution >= 0.6 is 0 Å². The average molecular weight is 513 g/mol. The number of carbonyl (C=O) groups excluding carboxylic acids is 1. The molecule has 0 bridgehead atoms. The van der Waals surface area contributed by atoms with Gasteiger partial charge in [0.05, 0.1) is 19.3 Å². The highest BCUT2D eigenvalue weighted by Gasteiger charge is 2.19. The van der Waals surface area contributed by atoms with Crippen LogP contribution in [0.5, 0.6) is 0 Å². The molecule has 0 spiro atoms. The van der Waals surface area contributed by atoms with Gasteiger partial charge in [-0.1, -0.05) is 142 Å². The van der Waals surface area contributed by atoms with E-state index in [1.165, 1.54) is 103 Å². The van der Waals surface area contributed by atoms with Crippen molar-refractivity contribution in [3.05, 3.63) is 0 Å². The summed E-state index contributed by atoms with van der Waals surface area (Å²) >= 11 is 0. The fourth-order valence-corrected chi connectivity index (χ4v) is 4.95. The Morgan fingerprint density at radius 2 is 1.00 bits per heavy atom. The van der Waals surface area contributed by atoms with Gasteiger partial charge >= 0.3 is 5.97 Å². The molecular weight excluding hydrogens is 448 g/mol. The Balaban J connectivity index is 4.02. The summed E-state index contributed by atoms with van der Waals surface area (Å²) in [5, 5.41) is 10.8. The minimum absolute atomic E-state index is 0.0150. The van der Waals surface area contributed by atoms with Crippen molar-refractivity contribution in [1.29, 1.82) is 0 Å². The number of aliphatic hydroxyl groups excluding tert-OH is 1. The molecule has 0 aliphatic carbocycles. The van der Waals surface area contributed by atoms with Gasteiger partial charge in [0.15, 0.2) is 0 Å². The summed E-state index contributed by atoms with van der Waals surface area (Å²) in [6, 6.07) is 0. The number of carbonyl (C=O) groups is 1. The molecule has 36 heavy (non-hydrogen) atoms. The molecule has 0 fully saturated rings. The number of esters is 1. The first-order chi connectivity index (χ1) is 17.7. The Morgan fingerprint density at radius 3 is 1.50 bits per heavy atom. The van der Waals surface area contributed by atoms with Gasteiger partial charge in [0.2, 0.25) is 0 Å². The predicted molar refractivity (Wildman–Crippen MR) is 155 cm³/mol. The average Bonchev–Trinajstić information content (AvgIpc) is 2.89. The van der Waals surface area contributed by atoms with Crippen LogP contribution in [0, 0.1) is 0 Å². The third kappa shape index (κ3) is 25.1. The smallest absolute Gasteiger partial charge is 0.305 e. The predicted octanol–water partition coefficient (Wildman–Crippen LogP) is 9.70. The maximum atomic E-state index is 11.2. The Kier molecular flexibility index (Phi) is 28.5. The molecule has 0 aromatic heterocycles. The lowest BCUT2D eigenvalue weighted by molar-refractivity contribution is -0.140. The quantitative estimate of drug-likeness (QED) is 0.0800. The van der Waals surface area contributed by atoms with Crippen LogP contribution in [-0.2, 0) is 14.3 Å². The number of methoxy groups -OCH3 is 1. The van der Waals surface area contributed by atoms with Crippen molar-refractivity contribution in [3.8, 4) is 0 Å². The summed E-state index contributed by atoms with van der Waals surface area (Å²) in [5.74, 6) is -0.108. The normalized spacial score (nSPS) is 13.1. The third-order valence-corrected chi connectivity index (χ3v) is 7.46. The maximum absolute atomic E-state index is 11.2. The minimum Gasteiger partial charge on any atom is -0.469 e.